The molecule has 2 rings (SSSR count). The summed E-state index contributed by atoms with van der Waals surface area (Å²) in [5, 5.41) is 3.30. The molecule has 124 valence electrons. The maximum Gasteiger partial charge on any atom is 0.223 e. The molecule has 4 heteroatoms. The van der Waals surface area contributed by atoms with Gasteiger partial charge in [0, 0.05) is 25.6 Å². The van der Waals surface area contributed by atoms with E-state index in [9.17, 15) is 4.79 Å². The molecule has 1 aromatic rings. The minimum Gasteiger partial charge on any atom is -0.341 e. The van der Waals surface area contributed by atoms with Gasteiger partial charge in [0.15, 0.2) is 0 Å². The fourth-order valence-electron chi connectivity index (χ4n) is 3.20. The minimum atomic E-state index is 0. The highest BCUT2D eigenvalue weighted by molar-refractivity contribution is 5.85. The standard InChI is InChI=1S/C18H28N2O.ClH/c1-14(2)17(15-8-5-4-6-9-15)12-18(21)20-11-7-10-16(13-20)19-3;/h4-6,8-9,14,16-17,19H,7,10-13H2,1-3H3;1H. The molecule has 22 heavy (non-hydrogen) atoms. The zero-order valence-corrected chi connectivity index (χ0v) is 14.7. The first-order valence-corrected chi connectivity index (χ1v) is 8.11. The molecule has 0 bridgehead atoms. The Morgan fingerprint density at radius 3 is 2.59 bits per heavy atom. The van der Waals surface area contributed by atoms with E-state index in [1.807, 2.05) is 18.0 Å². The first-order chi connectivity index (χ1) is 10.1. The van der Waals surface area contributed by atoms with Crippen molar-refractivity contribution in [3.8, 4) is 0 Å². The van der Waals surface area contributed by atoms with Crippen molar-refractivity contribution in [3.05, 3.63) is 35.9 Å². The summed E-state index contributed by atoms with van der Waals surface area (Å²) in [6, 6.07) is 10.9. The summed E-state index contributed by atoms with van der Waals surface area (Å²) in [4.78, 5) is 14.7. The highest BCUT2D eigenvalue weighted by Gasteiger charge is 2.26. The van der Waals surface area contributed by atoms with Crippen LogP contribution in [-0.2, 0) is 4.79 Å². The van der Waals surface area contributed by atoms with Crippen molar-refractivity contribution in [1.82, 2.24) is 10.2 Å². The van der Waals surface area contributed by atoms with Crippen molar-refractivity contribution in [2.75, 3.05) is 20.1 Å². The monoisotopic (exact) mass is 324 g/mol. The van der Waals surface area contributed by atoms with Crippen molar-refractivity contribution < 1.29 is 4.79 Å². The third kappa shape index (κ3) is 4.99. The number of nitrogens with one attached hydrogen (secondary N) is 1. The van der Waals surface area contributed by atoms with Crippen LogP contribution >= 0.6 is 12.4 Å². The van der Waals surface area contributed by atoms with Gasteiger partial charge in [-0.25, -0.2) is 0 Å². The van der Waals surface area contributed by atoms with Gasteiger partial charge in [-0.1, -0.05) is 44.2 Å². The fourth-order valence-corrected chi connectivity index (χ4v) is 3.20. The van der Waals surface area contributed by atoms with Crippen LogP contribution in [0.5, 0.6) is 0 Å². The third-order valence-electron chi connectivity index (χ3n) is 4.61. The van der Waals surface area contributed by atoms with Crippen LogP contribution in [0, 0.1) is 5.92 Å². The number of piperidine rings is 1. The molecule has 1 aromatic carbocycles. The zero-order valence-electron chi connectivity index (χ0n) is 13.9. The molecule has 1 amide bonds. The van der Waals surface area contributed by atoms with Crippen LogP contribution in [0.3, 0.4) is 0 Å². The first-order valence-electron chi connectivity index (χ1n) is 8.11. The van der Waals surface area contributed by atoms with Crippen LogP contribution in [-0.4, -0.2) is 37.0 Å². The average Bonchev–Trinajstić information content (AvgIpc) is 2.53. The van der Waals surface area contributed by atoms with Gasteiger partial charge in [-0.05, 0) is 37.3 Å². The molecule has 0 saturated carbocycles. The van der Waals surface area contributed by atoms with Gasteiger partial charge in [-0.2, -0.15) is 0 Å². The zero-order chi connectivity index (χ0) is 15.2. The number of nitrogens with zero attached hydrogens (tertiary/aromatic N) is 1. The number of benzene rings is 1. The second-order valence-electron chi connectivity index (χ2n) is 6.43. The minimum absolute atomic E-state index is 0. The van der Waals surface area contributed by atoms with Crippen LogP contribution in [0.4, 0.5) is 0 Å². The maximum atomic E-state index is 12.6. The smallest absolute Gasteiger partial charge is 0.223 e. The quantitative estimate of drug-likeness (QED) is 0.899. The van der Waals surface area contributed by atoms with E-state index in [-0.39, 0.29) is 12.4 Å². The number of hydrogen-bond acceptors (Lipinski definition) is 2. The lowest BCUT2D eigenvalue weighted by molar-refractivity contribution is -0.133. The van der Waals surface area contributed by atoms with E-state index in [2.05, 4.69) is 43.4 Å². The molecule has 1 aliphatic rings. The third-order valence-corrected chi connectivity index (χ3v) is 4.61. The predicted molar refractivity (Wildman–Crippen MR) is 94.5 cm³/mol. The maximum absolute atomic E-state index is 12.6. The molecule has 1 heterocycles. The molecular weight excluding hydrogens is 296 g/mol. The number of likely N-dealkylation sites (N-methyl/N-ethyl adjacent to an activating group) is 1. The lowest BCUT2D eigenvalue weighted by Crippen LogP contribution is -2.47. The average molecular weight is 325 g/mol. The normalized spacial score (nSPS) is 19.6. The SMILES string of the molecule is CNC1CCCN(C(=O)CC(c2ccccc2)C(C)C)C1.Cl. The number of halogens is 1. The van der Waals surface area contributed by atoms with Gasteiger partial charge in [0.05, 0.1) is 0 Å². The molecule has 0 radical (unpaired) electrons. The van der Waals surface area contributed by atoms with E-state index in [1.165, 1.54) is 12.0 Å². The van der Waals surface area contributed by atoms with Crippen LogP contribution in [0.15, 0.2) is 30.3 Å². The Labute approximate surface area is 140 Å². The Balaban J connectivity index is 0.00000242. The Bertz CT molecular complexity index is 450. The lowest BCUT2D eigenvalue weighted by Gasteiger charge is -2.34. The molecule has 0 aromatic heterocycles. The molecule has 0 aliphatic carbocycles. The summed E-state index contributed by atoms with van der Waals surface area (Å²) in [7, 11) is 1.99. The Morgan fingerprint density at radius 2 is 2.00 bits per heavy atom. The number of carbonyl (C=O) groups is 1. The first kappa shape index (κ1) is 19.0. The van der Waals surface area contributed by atoms with Crippen molar-refractivity contribution >= 4 is 18.3 Å². The van der Waals surface area contributed by atoms with E-state index >= 15 is 0 Å². The second kappa shape index (κ2) is 9.16. The van der Waals surface area contributed by atoms with Gasteiger partial charge in [0.1, 0.15) is 0 Å². The molecule has 1 fully saturated rings. The molecule has 3 nitrogen and oxygen atoms in total. The number of hydrogen-bond donors (Lipinski definition) is 1. The van der Waals surface area contributed by atoms with Gasteiger partial charge in [0.2, 0.25) is 5.91 Å². The molecule has 1 aliphatic heterocycles. The van der Waals surface area contributed by atoms with Gasteiger partial charge in [0.25, 0.3) is 0 Å². The molecule has 2 atom stereocenters. The van der Waals surface area contributed by atoms with E-state index < -0.39 is 0 Å². The summed E-state index contributed by atoms with van der Waals surface area (Å²) in [5.41, 5.74) is 1.28. The van der Waals surface area contributed by atoms with Gasteiger partial charge < -0.3 is 10.2 Å². The molecular formula is C18H29ClN2O. The number of carbonyl (C=O) groups excluding carboxylic acids is 1. The molecule has 1 N–H and O–H groups in total. The topological polar surface area (TPSA) is 32.3 Å². The molecule has 1 saturated heterocycles. The van der Waals surface area contributed by atoms with E-state index in [4.69, 9.17) is 0 Å². The van der Waals surface area contributed by atoms with Crippen molar-refractivity contribution in [3.63, 3.8) is 0 Å². The Hall–Kier alpha value is -1.06. The van der Waals surface area contributed by atoms with Crippen LogP contribution in [0.25, 0.3) is 0 Å². The van der Waals surface area contributed by atoms with Crippen molar-refractivity contribution in [2.24, 2.45) is 5.92 Å². The number of rotatable bonds is 5. The lowest BCUT2D eigenvalue weighted by atomic mass is 9.85. The van der Waals surface area contributed by atoms with E-state index in [0.29, 0.717) is 30.2 Å². The van der Waals surface area contributed by atoms with Gasteiger partial charge >= 0.3 is 0 Å². The highest BCUT2D eigenvalue weighted by atomic mass is 35.5. The number of amides is 1. The molecule has 2 unspecified atom stereocenters. The summed E-state index contributed by atoms with van der Waals surface area (Å²) in [6.45, 7) is 6.18. The van der Waals surface area contributed by atoms with Crippen molar-refractivity contribution in [1.29, 1.82) is 0 Å². The number of likely N-dealkylation sites (tertiary alicyclic amines) is 1. The van der Waals surface area contributed by atoms with Gasteiger partial charge in [-0.15, -0.1) is 12.4 Å². The summed E-state index contributed by atoms with van der Waals surface area (Å²) in [6.07, 6.45) is 2.90. The van der Waals surface area contributed by atoms with E-state index in [0.717, 1.165) is 19.5 Å². The fraction of sp³-hybridized carbons (Fsp3) is 0.611. The second-order valence-corrected chi connectivity index (χ2v) is 6.43. The van der Waals surface area contributed by atoms with Crippen molar-refractivity contribution in [2.45, 2.75) is 45.1 Å². The van der Waals surface area contributed by atoms with Crippen LogP contribution in [0.1, 0.15) is 44.6 Å². The summed E-state index contributed by atoms with van der Waals surface area (Å²) >= 11 is 0. The van der Waals surface area contributed by atoms with Crippen LogP contribution < -0.4 is 5.32 Å². The molecule has 0 spiro atoms. The highest BCUT2D eigenvalue weighted by Crippen LogP contribution is 2.29. The summed E-state index contributed by atoms with van der Waals surface area (Å²) < 4.78 is 0. The van der Waals surface area contributed by atoms with Crippen LogP contribution in [0.2, 0.25) is 0 Å². The predicted octanol–water partition coefficient (Wildman–Crippen LogP) is 3.45. The van der Waals surface area contributed by atoms with Gasteiger partial charge in [-0.3, -0.25) is 4.79 Å². The Kier molecular flexibility index (Phi) is 7.91. The summed E-state index contributed by atoms with van der Waals surface area (Å²) in [5.74, 6) is 1.09. The Morgan fingerprint density at radius 1 is 1.32 bits per heavy atom. The van der Waals surface area contributed by atoms with E-state index in [1.54, 1.807) is 0 Å². The largest absolute Gasteiger partial charge is 0.341 e.